The average Bonchev–Trinajstić information content (AvgIpc) is 2.45. The van der Waals surface area contributed by atoms with Crippen molar-refractivity contribution in [2.75, 3.05) is 6.54 Å². The zero-order chi connectivity index (χ0) is 12.6. The highest BCUT2D eigenvalue weighted by Gasteiger charge is 1.97. The van der Waals surface area contributed by atoms with Gasteiger partial charge in [-0.05, 0) is 36.4 Å². The van der Waals surface area contributed by atoms with Crippen LogP contribution in [0.15, 0.2) is 48.7 Å². The van der Waals surface area contributed by atoms with Crippen molar-refractivity contribution in [1.82, 2.24) is 10.3 Å². The number of aromatic nitrogens is 1. The standard InChI is InChI=1S/C15H18N2O/c1-2-16-11-13-6-8-15(9-7-13)18-12-14-5-3-4-10-17-14/h3-10,16H,2,11-12H2,1H3. The Kier molecular flexibility index (Phi) is 4.73. The number of benzene rings is 1. The fourth-order valence-electron chi connectivity index (χ4n) is 1.61. The number of nitrogens with zero attached hydrogens (tertiary/aromatic N) is 1. The Bertz CT molecular complexity index is 454. The number of nitrogens with one attached hydrogen (secondary N) is 1. The van der Waals surface area contributed by atoms with Crippen LogP contribution < -0.4 is 10.1 Å². The van der Waals surface area contributed by atoms with E-state index in [1.54, 1.807) is 6.20 Å². The molecule has 0 aliphatic rings. The molecule has 0 spiro atoms. The third-order valence-electron chi connectivity index (χ3n) is 2.62. The fourth-order valence-corrected chi connectivity index (χ4v) is 1.61. The Hall–Kier alpha value is -1.87. The van der Waals surface area contributed by atoms with Gasteiger partial charge in [-0.2, -0.15) is 0 Å². The molecule has 0 aliphatic carbocycles. The molecule has 94 valence electrons. The predicted octanol–water partition coefficient (Wildman–Crippen LogP) is 2.77. The zero-order valence-corrected chi connectivity index (χ0v) is 10.6. The first kappa shape index (κ1) is 12.6. The van der Waals surface area contributed by atoms with Gasteiger partial charge < -0.3 is 10.1 Å². The molecule has 1 aromatic carbocycles. The quantitative estimate of drug-likeness (QED) is 0.845. The van der Waals surface area contributed by atoms with E-state index in [0.29, 0.717) is 6.61 Å². The maximum Gasteiger partial charge on any atom is 0.130 e. The maximum absolute atomic E-state index is 5.67. The van der Waals surface area contributed by atoms with Crippen LogP contribution in [0.3, 0.4) is 0 Å². The molecule has 0 unspecified atom stereocenters. The second kappa shape index (κ2) is 6.77. The number of ether oxygens (including phenoxy) is 1. The van der Waals surface area contributed by atoms with Crippen molar-refractivity contribution in [3.63, 3.8) is 0 Å². The molecule has 1 N–H and O–H groups in total. The zero-order valence-electron chi connectivity index (χ0n) is 10.6. The molecule has 0 amide bonds. The van der Waals surface area contributed by atoms with Crippen LogP contribution in [0.2, 0.25) is 0 Å². The van der Waals surface area contributed by atoms with Gasteiger partial charge in [-0.3, -0.25) is 4.98 Å². The van der Waals surface area contributed by atoms with E-state index in [1.807, 2.05) is 30.3 Å². The van der Waals surface area contributed by atoms with Gasteiger partial charge in [0.2, 0.25) is 0 Å². The Morgan fingerprint density at radius 3 is 2.61 bits per heavy atom. The molecule has 1 aromatic heterocycles. The second-order valence-electron chi connectivity index (χ2n) is 4.03. The summed E-state index contributed by atoms with van der Waals surface area (Å²) in [5.41, 5.74) is 2.20. The molecule has 0 saturated carbocycles. The van der Waals surface area contributed by atoms with Crippen LogP contribution in [-0.4, -0.2) is 11.5 Å². The smallest absolute Gasteiger partial charge is 0.130 e. The number of hydrogen-bond acceptors (Lipinski definition) is 3. The molecule has 0 radical (unpaired) electrons. The number of hydrogen-bond donors (Lipinski definition) is 1. The van der Waals surface area contributed by atoms with Crippen molar-refractivity contribution >= 4 is 0 Å². The summed E-state index contributed by atoms with van der Waals surface area (Å²) in [7, 11) is 0. The van der Waals surface area contributed by atoms with E-state index >= 15 is 0 Å². The van der Waals surface area contributed by atoms with Gasteiger partial charge in [-0.1, -0.05) is 25.1 Å². The topological polar surface area (TPSA) is 34.1 Å². The van der Waals surface area contributed by atoms with Gasteiger partial charge in [0.1, 0.15) is 12.4 Å². The van der Waals surface area contributed by atoms with Crippen molar-refractivity contribution in [3.8, 4) is 5.75 Å². The van der Waals surface area contributed by atoms with Gasteiger partial charge in [0, 0.05) is 12.7 Å². The lowest BCUT2D eigenvalue weighted by Crippen LogP contribution is -2.11. The summed E-state index contributed by atoms with van der Waals surface area (Å²) in [6.07, 6.45) is 1.78. The van der Waals surface area contributed by atoms with E-state index in [4.69, 9.17) is 4.74 Å². The van der Waals surface area contributed by atoms with E-state index in [1.165, 1.54) is 5.56 Å². The number of rotatable bonds is 6. The molecular formula is C15H18N2O. The summed E-state index contributed by atoms with van der Waals surface area (Å²) in [4.78, 5) is 4.22. The van der Waals surface area contributed by atoms with Gasteiger partial charge in [0.05, 0.1) is 5.69 Å². The molecule has 18 heavy (non-hydrogen) atoms. The first-order chi connectivity index (χ1) is 8.88. The van der Waals surface area contributed by atoms with Crippen LogP contribution in [0.5, 0.6) is 5.75 Å². The van der Waals surface area contributed by atoms with E-state index in [9.17, 15) is 0 Å². The van der Waals surface area contributed by atoms with Crippen LogP contribution in [0.1, 0.15) is 18.2 Å². The molecule has 1 heterocycles. The normalized spacial score (nSPS) is 10.3. The number of pyridine rings is 1. The molecule has 0 aliphatic heterocycles. The van der Waals surface area contributed by atoms with Crippen molar-refractivity contribution in [3.05, 3.63) is 59.9 Å². The molecule has 0 fully saturated rings. The van der Waals surface area contributed by atoms with Crippen molar-refractivity contribution < 1.29 is 4.74 Å². The van der Waals surface area contributed by atoms with Crippen LogP contribution >= 0.6 is 0 Å². The third kappa shape index (κ3) is 3.86. The van der Waals surface area contributed by atoms with Gasteiger partial charge in [-0.25, -0.2) is 0 Å². The van der Waals surface area contributed by atoms with E-state index in [0.717, 1.165) is 24.5 Å². The van der Waals surface area contributed by atoms with Crippen molar-refractivity contribution in [1.29, 1.82) is 0 Å². The van der Waals surface area contributed by atoms with Gasteiger partial charge in [0.25, 0.3) is 0 Å². The molecule has 0 saturated heterocycles. The first-order valence-corrected chi connectivity index (χ1v) is 6.21. The van der Waals surface area contributed by atoms with E-state index in [-0.39, 0.29) is 0 Å². The molecule has 3 nitrogen and oxygen atoms in total. The van der Waals surface area contributed by atoms with Gasteiger partial charge >= 0.3 is 0 Å². The van der Waals surface area contributed by atoms with Crippen molar-refractivity contribution in [2.45, 2.75) is 20.1 Å². The average molecular weight is 242 g/mol. The molecular weight excluding hydrogens is 224 g/mol. The molecule has 2 rings (SSSR count). The highest BCUT2D eigenvalue weighted by Crippen LogP contribution is 2.13. The van der Waals surface area contributed by atoms with Crippen LogP contribution in [-0.2, 0) is 13.2 Å². The van der Waals surface area contributed by atoms with Crippen molar-refractivity contribution in [2.24, 2.45) is 0 Å². The fraction of sp³-hybridized carbons (Fsp3) is 0.267. The summed E-state index contributed by atoms with van der Waals surface area (Å²) < 4.78 is 5.67. The summed E-state index contributed by atoms with van der Waals surface area (Å²) in [6.45, 7) is 4.49. The Morgan fingerprint density at radius 2 is 1.94 bits per heavy atom. The maximum atomic E-state index is 5.67. The Balaban J connectivity index is 1.86. The largest absolute Gasteiger partial charge is 0.487 e. The monoisotopic (exact) mass is 242 g/mol. The summed E-state index contributed by atoms with van der Waals surface area (Å²) in [5.74, 6) is 0.876. The summed E-state index contributed by atoms with van der Waals surface area (Å²) in [6, 6.07) is 14.0. The molecule has 0 atom stereocenters. The van der Waals surface area contributed by atoms with E-state index < -0.39 is 0 Å². The minimum absolute atomic E-state index is 0.507. The lowest BCUT2D eigenvalue weighted by atomic mass is 10.2. The molecule has 2 aromatic rings. The Labute approximate surface area is 108 Å². The third-order valence-corrected chi connectivity index (χ3v) is 2.62. The lowest BCUT2D eigenvalue weighted by Gasteiger charge is -2.07. The second-order valence-corrected chi connectivity index (χ2v) is 4.03. The predicted molar refractivity (Wildman–Crippen MR) is 72.4 cm³/mol. The molecule has 0 bridgehead atoms. The van der Waals surface area contributed by atoms with Gasteiger partial charge in [-0.15, -0.1) is 0 Å². The lowest BCUT2D eigenvalue weighted by molar-refractivity contribution is 0.301. The van der Waals surface area contributed by atoms with Crippen LogP contribution in [0.25, 0.3) is 0 Å². The summed E-state index contributed by atoms with van der Waals surface area (Å²) >= 11 is 0. The van der Waals surface area contributed by atoms with Gasteiger partial charge in [0.15, 0.2) is 0 Å². The summed E-state index contributed by atoms with van der Waals surface area (Å²) in [5, 5.41) is 3.29. The SMILES string of the molecule is CCNCc1ccc(OCc2ccccn2)cc1. The first-order valence-electron chi connectivity index (χ1n) is 6.21. The van der Waals surface area contributed by atoms with Crippen LogP contribution in [0, 0.1) is 0 Å². The van der Waals surface area contributed by atoms with E-state index in [2.05, 4.69) is 29.4 Å². The minimum Gasteiger partial charge on any atom is -0.487 e. The molecule has 3 heteroatoms. The highest BCUT2D eigenvalue weighted by molar-refractivity contribution is 5.27. The van der Waals surface area contributed by atoms with Crippen LogP contribution in [0.4, 0.5) is 0 Å². The Morgan fingerprint density at radius 1 is 1.11 bits per heavy atom. The highest BCUT2D eigenvalue weighted by atomic mass is 16.5. The minimum atomic E-state index is 0.507.